The van der Waals surface area contributed by atoms with Gasteiger partial charge in [0, 0.05) is 31.7 Å². The van der Waals surface area contributed by atoms with Gasteiger partial charge in [-0.3, -0.25) is 4.90 Å². The van der Waals surface area contributed by atoms with Gasteiger partial charge in [0.15, 0.2) is 5.96 Å². The first-order valence-electron chi connectivity index (χ1n) is 8.57. The smallest absolute Gasteiger partial charge is 0.191 e. The Balaban J connectivity index is 1.74. The van der Waals surface area contributed by atoms with Gasteiger partial charge in [0.25, 0.3) is 0 Å². The quantitative estimate of drug-likeness (QED) is 0.454. The molecule has 0 amide bonds. The van der Waals surface area contributed by atoms with Crippen molar-refractivity contribution in [3.8, 4) is 0 Å². The maximum atomic E-state index is 5.55. The molecule has 0 spiro atoms. The first-order valence-corrected chi connectivity index (χ1v) is 8.57. The Hall–Kier alpha value is -1.53. The third-order valence-corrected chi connectivity index (χ3v) is 3.94. The van der Waals surface area contributed by atoms with Crippen molar-refractivity contribution in [3.05, 3.63) is 23.2 Å². The number of aryl methyl sites for hydroxylation is 2. The first-order chi connectivity index (χ1) is 11.2. The van der Waals surface area contributed by atoms with Gasteiger partial charge in [0.05, 0.1) is 19.8 Å². The largest absolute Gasteiger partial charge is 0.466 e. The minimum atomic E-state index is 0.641. The summed E-state index contributed by atoms with van der Waals surface area (Å²) in [5.41, 5.74) is 1.15. The molecule has 130 valence electrons. The average Bonchev–Trinajstić information content (AvgIpc) is 2.87. The van der Waals surface area contributed by atoms with Crippen LogP contribution in [0, 0.1) is 13.8 Å². The summed E-state index contributed by atoms with van der Waals surface area (Å²) in [6, 6.07) is 2.06. The van der Waals surface area contributed by atoms with Crippen LogP contribution in [0.15, 0.2) is 15.5 Å². The summed E-state index contributed by atoms with van der Waals surface area (Å²) in [6.07, 6.45) is 1.11. The van der Waals surface area contributed by atoms with Gasteiger partial charge in [-0.1, -0.05) is 0 Å². The Kier molecular flexibility index (Phi) is 7.42. The van der Waals surface area contributed by atoms with E-state index in [1.807, 2.05) is 13.8 Å². The molecule has 1 aliphatic heterocycles. The van der Waals surface area contributed by atoms with Gasteiger partial charge < -0.3 is 19.8 Å². The normalized spacial score (nSPS) is 16.6. The third kappa shape index (κ3) is 6.23. The number of furan rings is 1. The Bertz CT molecular complexity index is 493. The van der Waals surface area contributed by atoms with Crippen LogP contribution in [0.25, 0.3) is 0 Å². The lowest BCUT2D eigenvalue weighted by atomic mass is 10.2. The third-order valence-electron chi connectivity index (χ3n) is 3.94. The van der Waals surface area contributed by atoms with Crippen LogP contribution in [0.2, 0.25) is 0 Å². The van der Waals surface area contributed by atoms with Crippen molar-refractivity contribution in [3.63, 3.8) is 0 Å². The number of morpholine rings is 1. The van der Waals surface area contributed by atoms with Crippen LogP contribution in [0.4, 0.5) is 0 Å². The Labute approximate surface area is 139 Å². The van der Waals surface area contributed by atoms with Crippen LogP contribution >= 0.6 is 0 Å². The monoisotopic (exact) mass is 322 g/mol. The van der Waals surface area contributed by atoms with Crippen LogP contribution in [0.3, 0.4) is 0 Å². The molecule has 0 unspecified atom stereocenters. The van der Waals surface area contributed by atoms with Crippen molar-refractivity contribution in [1.82, 2.24) is 15.5 Å². The molecular formula is C17H30N4O2. The van der Waals surface area contributed by atoms with Crippen molar-refractivity contribution in [1.29, 1.82) is 0 Å². The van der Waals surface area contributed by atoms with Crippen LogP contribution in [0.1, 0.15) is 30.4 Å². The number of hydrogen-bond donors (Lipinski definition) is 2. The molecule has 1 saturated heterocycles. The minimum absolute atomic E-state index is 0.641. The molecule has 2 heterocycles. The predicted octanol–water partition coefficient (Wildman–Crippen LogP) is 1.67. The molecule has 0 aromatic carbocycles. The van der Waals surface area contributed by atoms with Crippen LogP contribution in [-0.4, -0.2) is 56.8 Å². The standard InChI is InChI=1S/C17H30N4O2/c1-4-18-17(20-13-16-12-14(2)23-15(16)3)19-6-5-7-21-8-10-22-11-9-21/h12H,4-11,13H2,1-3H3,(H2,18,19,20). The van der Waals surface area contributed by atoms with Gasteiger partial charge in [0.1, 0.15) is 11.5 Å². The zero-order valence-corrected chi connectivity index (χ0v) is 14.7. The topological polar surface area (TPSA) is 62.0 Å². The number of ether oxygens (including phenoxy) is 1. The summed E-state index contributed by atoms with van der Waals surface area (Å²) in [5, 5.41) is 6.70. The van der Waals surface area contributed by atoms with Gasteiger partial charge >= 0.3 is 0 Å². The summed E-state index contributed by atoms with van der Waals surface area (Å²) in [7, 11) is 0. The number of guanidine groups is 1. The van der Waals surface area contributed by atoms with E-state index in [-0.39, 0.29) is 0 Å². The lowest BCUT2D eigenvalue weighted by Crippen LogP contribution is -2.40. The van der Waals surface area contributed by atoms with E-state index in [0.717, 1.165) is 75.4 Å². The highest BCUT2D eigenvalue weighted by Gasteiger charge is 2.09. The molecule has 0 bridgehead atoms. The molecule has 0 saturated carbocycles. The van der Waals surface area contributed by atoms with E-state index >= 15 is 0 Å². The second kappa shape index (κ2) is 9.57. The molecule has 1 aromatic rings. The van der Waals surface area contributed by atoms with E-state index < -0.39 is 0 Å². The number of hydrogen-bond acceptors (Lipinski definition) is 4. The van der Waals surface area contributed by atoms with E-state index in [0.29, 0.717) is 6.54 Å². The Morgan fingerprint density at radius 3 is 2.70 bits per heavy atom. The van der Waals surface area contributed by atoms with E-state index in [4.69, 9.17) is 9.15 Å². The second-order valence-corrected chi connectivity index (χ2v) is 5.87. The molecule has 6 nitrogen and oxygen atoms in total. The van der Waals surface area contributed by atoms with Crippen molar-refractivity contribution in [2.45, 2.75) is 33.7 Å². The van der Waals surface area contributed by atoms with Crippen LogP contribution < -0.4 is 10.6 Å². The van der Waals surface area contributed by atoms with Crippen molar-refractivity contribution < 1.29 is 9.15 Å². The zero-order valence-electron chi connectivity index (χ0n) is 14.7. The van der Waals surface area contributed by atoms with Crippen molar-refractivity contribution in [2.75, 3.05) is 45.9 Å². The molecular weight excluding hydrogens is 292 g/mol. The van der Waals surface area contributed by atoms with E-state index in [1.54, 1.807) is 0 Å². The lowest BCUT2D eigenvalue weighted by Gasteiger charge is -2.26. The Morgan fingerprint density at radius 2 is 2.04 bits per heavy atom. The molecule has 0 radical (unpaired) electrons. The highest BCUT2D eigenvalue weighted by Crippen LogP contribution is 2.14. The van der Waals surface area contributed by atoms with Crippen LogP contribution in [-0.2, 0) is 11.3 Å². The SMILES string of the molecule is CCNC(=NCc1cc(C)oc1C)NCCCN1CCOCC1. The summed E-state index contributed by atoms with van der Waals surface area (Å²) in [6.45, 7) is 13.4. The summed E-state index contributed by atoms with van der Waals surface area (Å²) >= 11 is 0. The van der Waals surface area contributed by atoms with E-state index in [9.17, 15) is 0 Å². The average molecular weight is 322 g/mol. The van der Waals surface area contributed by atoms with Gasteiger partial charge in [-0.15, -0.1) is 0 Å². The summed E-state index contributed by atoms with van der Waals surface area (Å²) in [4.78, 5) is 7.09. The predicted molar refractivity (Wildman–Crippen MR) is 92.9 cm³/mol. The molecule has 1 fully saturated rings. The molecule has 6 heteroatoms. The lowest BCUT2D eigenvalue weighted by molar-refractivity contribution is 0.0376. The number of aliphatic imine (C=N–C) groups is 1. The highest BCUT2D eigenvalue weighted by molar-refractivity contribution is 5.79. The van der Waals surface area contributed by atoms with Crippen molar-refractivity contribution in [2.24, 2.45) is 4.99 Å². The molecule has 2 rings (SSSR count). The highest BCUT2D eigenvalue weighted by atomic mass is 16.5. The van der Waals surface area contributed by atoms with Gasteiger partial charge in [-0.05, 0) is 39.8 Å². The second-order valence-electron chi connectivity index (χ2n) is 5.87. The van der Waals surface area contributed by atoms with E-state index in [2.05, 4.69) is 33.5 Å². The molecule has 1 aromatic heterocycles. The number of nitrogens with zero attached hydrogens (tertiary/aromatic N) is 2. The molecule has 2 N–H and O–H groups in total. The van der Waals surface area contributed by atoms with Crippen LogP contribution in [0.5, 0.6) is 0 Å². The number of rotatable bonds is 7. The number of nitrogens with one attached hydrogen (secondary N) is 2. The molecule has 0 atom stereocenters. The fraction of sp³-hybridized carbons (Fsp3) is 0.706. The maximum absolute atomic E-state index is 5.55. The van der Waals surface area contributed by atoms with Gasteiger partial charge in [0.2, 0.25) is 0 Å². The molecule has 0 aliphatic carbocycles. The molecule has 1 aliphatic rings. The van der Waals surface area contributed by atoms with Crippen molar-refractivity contribution >= 4 is 5.96 Å². The van der Waals surface area contributed by atoms with Gasteiger partial charge in [-0.2, -0.15) is 0 Å². The first kappa shape index (κ1) is 17.8. The molecule has 23 heavy (non-hydrogen) atoms. The summed E-state index contributed by atoms with van der Waals surface area (Å²) < 4.78 is 10.9. The minimum Gasteiger partial charge on any atom is -0.466 e. The van der Waals surface area contributed by atoms with E-state index in [1.165, 1.54) is 0 Å². The fourth-order valence-electron chi connectivity index (χ4n) is 2.68. The fourth-order valence-corrected chi connectivity index (χ4v) is 2.68. The maximum Gasteiger partial charge on any atom is 0.191 e. The zero-order chi connectivity index (χ0) is 16.5. The summed E-state index contributed by atoms with van der Waals surface area (Å²) in [5.74, 6) is 2.76. The van der Waals surface area contributed by atoms with Gasteiger partial charge in [-0.25, -0.2) is 4.99 Å². The Morgan fingerprint density at radius 1 is 1.26 bits per heavy atom.